The lowest BCUT2D eigenvalue weighted by Crippen LogP contribution is -2.44. The van der Waals surface area contributed by atoms with Crippen molar-refractivity contribution in [3.63, 3.8) is 0 Å². The number of thiocarbonyl (C=S) groups is 1. The summed E-state index contributed by atoms with van der Waals surface area (Å²) >= 11 is 5.25. The van der Waals surface area contributed by atoms with Gasteiger partial charge in [-0.2, -0.15) is 0 Å². The van der Waals surface area contributed by atoms with Crippen LogP contribution in [0.5, 0.6) is 0 Å². The Bertz CT molecular complexity index is 935. The van der Waals surface area contributed by atoms with Crippen molar-refractivity contribution in [1.29, 1.82) is 0 Å². The van der Waals surface area contributed by atoms with Crippen LogP contribution in [0.3, 0.4) is 0 Å². The van der Waals surface area contributed by atoms with E-state index in [9.17, 15) is 4.79 Å². The third kappa shape index (κ3) is 4.10. The molecule has 1 heterocycles. The fourth-order valence-electron chi connectivity index (χ4n) is 2.55. The quantitative estimate of drug-likeness (QED) is 0.490. The summed E-state index contributed by atoms with van der Waals surface area (Å²) in [4.78, 5) is 12.5. The first-order valence-corrected chi connectivity index (χ1v) is 8.62. The summed E-state index contributed by atoms with van der Waals surface area (Å²) < 4.78 is 1.89. The van der Waals surface area contributed by atoms with Crippen molar-refractivity contribution in [2.45, 2.75) is 13.8 Å². The van der Waals surface area contributed by atoms with Crippen LogP contribution < -0.4 is 16.2 Å². The van der Waals surface area contributed by atoms with Crippen LogP contribution in [0.2, 0.25) is 0 Å². The molecule has 5 nitrogen and oxygen atoms in total. The summed E-state index contributed by atoms with van der Waals surface area (Å²) in [6.07, 6.45) is 3.79. The van der Waals surface area contributed by atoms with Crippen LogP contribution >= 0.6 is 12.2 Å². The van der Waals surface area contributed by atoms with E-state index in [1.54, 1.807) is 6.07 Å². The van der Waals surface area contributed by atoms with Crippen molar-refractivity contribution in [2.75, 3.05) is 5.32 Å². The minimum absolute atomic E-state index is 0.265. The number of nitrogens with one attached hydrogen (secondary N) is 3. The maximum atomic E-state index is 12.5. The molecule has 0 atom stereocenters. The van der Waals surface area contributed by atoms with Crippen LogP contribution in [0.1, 0.15) is 21.5 Å². The number of hydrazine groups is 1. The van der Waals surface area contributed by atoms with Gasteiger partial charge in [0.2, 0.25) is 0 Å². The lowest BCUT2D eigenvalue weighted by Gasteiger charge is -2.14. The molecule has 0 unspecified atom stereocenters. The monoisotopic (exact) mass is 364 g/mol. The Morgan fingerprint density at radius 1 is 0.923 bits per heavy atom. The molecule has 2 aromatic carbocycles. The van der Waals surface area contributed by atoms with Gasteiger partial charge in [-0.15, -0.1) is 0 Å². The first-order valence-electron chi connectivity index (χ1n) is 8.21. The second-order valence-electron chi connectivity index (χ2n) is 5.94. The van der Waals surface area contributed by atoms with E-state index in [1.165, 1.54) is 11.1 Å². The molecule has 1 aromatic heterocycles. The van der Waals surface area contributed by atoms with Gasteiger partial charge in [-0.3, -0.25) is 15.6 Å². The molecule has 0 aliphatic heterocycles. The van der Waals surface area contributed by atoms with Gasteiger partial charge in [0.1, 0.15) is 0 Å². The number of aromatic nitrogens is 1. The molecule has 0 radical (unpaired) electrons. The third-order valence-electron chi connectivity index (χ3n) is 4.09. The number of nitrogens with zero attached hydrogens (tertiary/aromatic N) is 1. The van der Waals surface area contributed by atoms with E-state index in [1.807, 2.05) is 72.4 Å². The molecule has 0 saturated heterocycles. The van der Waals surface area contributed by atoms with Crippen LogP contribution in [0.15, 0.2) is 67.0 Å². The Kier molecular flexibility index (Phi) is 5.34. The minimum atomic E-state index is -0.265. The molecule has 0 fully saturated rings. The highest BCUT2D eigenvalue weighted by Gasteiger charge is 2.12. The summed E-state index contributed by atoms with van der Waals surface area (Å²) in [5.41, 5.74) is 9.98. The molecule has 3 N–H and O–H groups in total. The van der Waals surface area contributed by atoms with Crippen LogP contribution in [0.25, 0.3) is 5.69 Å². The Morgan fingerprint density at radius 2 is 1.65 bits per heavy atom. The number of para-hydroxylation sites is 1. The molecular weight excluding hydrogens is 344 g/mol. The van der Waals surface area contributed by atoms with Crippen LogP contribution in [-0.2, 0) is 0 Å². The number of benzene rings is 2. The standard InChI is InChI=1S/C20H20N4OS/c1-14-9-10-16(13-15(14)2)21-20(26)23-22-19(25)17-7-3-4-8-18(17)24-11-5-6-12-24/h3-13H,1-2H3,(H,22,25)(H2,21,23,26). The molecule has 26 heavy (non-hydrogen) atoms. The number of carbonyl (C=O) groups is 1. The number of anilines is 1. The third-order valence-corrected chi connectivity index (χ3v) is 4.29. The molecule has 0 saturated carbocycles. The summed E-state index contributed by atoms with van der Waals surface area (Å²) in [5, 5.41) is 3.38. The molecule has 6 heteroatoms. The average Bonchev–Trinajstić information content (AvgIpc) is 3.17. The Balaban J connectivity index is 1.64. The number of rotatable bonds is 3. The normalized spacial score (nSPS) is 10.2. The number of hydrogen-bond donors (Lipinski definition) is 3. The molecule has 0 aliphatic rings. The second-order valence-corrected chi connectivity index (χ2v) is 6.35. The molecule has 1 amide bonds. The largest absolute Gasteiger partial charge is 0.331 e. The molecule has 0 aliphatic carbocycles. The lowest BCUT2D eigenvalue weighted by molar-refractivity contribution is 0.0944. The van der Waals surface area contributed by atoms with Crippen molar-refractivity contribution in [1.82, 2.24) is 15.4 Å². The minimum Gasteiger partial charge on any atom is -0.331 e. The maximum Gasteiger partial charge on any atom is 0.271 e. The number of carbonyl (C=O) groups excluding carboxylic acids is 1. The number of amides is 1. The fourth-order valence-corrected chi connectivity index (χ4v) is 2.72. The predicted molar refractivity (Wildman–Crippen MR) is 109 cm³/mol. The van der Waals surface area contributed by atoms with E-state index in [0.29, 0.717) is 10.7 Å². The first kappa shape index (κ1) is 17.7. The van der Waals surface area contributed by atoms with E-state index in [2.05, 4.69) is 23.1 Å². The zero-order valence-corrected chi connectivity index (χ0v) is 15.4. The predicted octanol–water partition coefficient (Wildman–Crippen LogP) is 3.73. The van der Waals surface area contributed by atoms with Gasteiger partial charge in [0, 0.05) is 18.1 Å². The zero-order chi connectivity index (χ0) is 18.5. The van der Waals surface area contributed by atoms with Gasteiger partial charge in [-0.1, -0.05) is 18.2 Å². The van der Waals surface area contributed by atoms with Gasteiger partial charge in [0.25, 0.3) is 5.91 Å². The number of hydrogen-bond acceptors (Lipinski definition) is 2. The van der Waals surface area contributed by atoms with Crippen molar-refractivity contribution < 1.29 is 4.79 Å². The van der Waals surface area contributed by atoms with Crippen molar-refractivity contribution in [3.05, 3.63) is 83.7 Å². The van der Waals surface area contributed by atoms with Crippen LogP contribution in [0, 0.1) is 13.8 Å². The van der Waals surface area contributed by atoms with E-state index < -0.39 is 0 Å². The van der Waals surface area contributed by atoms with Gasteiger partial charge in [0.15, 0.2) is 5.11 Å². The van der Waals surface area contributed by atoms with Gasteiger partial charge < -0.3 is 9.88 Å². The molecule has 0 bridgehead atoms. The van der Waals surface area contributed by atoms with E-state index in [4.69, 9.17) is 12.2 Å². The second kappa shape index (κ2) is 7.84. The summed E-state index contributed by atoms with van der Waals surface area (Å²) in [6, 6.07) is 17.2. The van der Waals surface area contributed by atoms with E-state index >= 15 is 0 Å². The highest BCUT2D eigenvalue weighted by atomic mass is 32.1. The molecule has 132 valence electrons. The molecule has 3 rings (SSSR count). The van der Waals surface area contributed by atoms with Crippen molar-refractivity contribution in [2.24, 2.45) is 0 Å². The first-order chi connectivity index (χ1) is 12.5. The van der Waals surface area contributed by atoms with Gasteiger partial charge in [0.05, 0.1) is 11.3 Å². The molecule has 0 spiro atoms. The number of aryl methyl sites for hydroxylation is 2. The van der Waals surface area contributed by atoms with E-state index in [0.717, 1.165) is 11.4 Å². The summed E-state index contributed by atoms with van der Waals surface area (Å²) in [7, 11) is 0. The Hall–Kier alpha value is -3.12. The maximum absolute atomic E-state index is 12.5. The van der Waals surface area contributed by atoms with Gasteiger partial charge in [-0.05, 0) is 73.6 Å². The SMILES string of the molecule is Cc1ccc(NC(=S)NNC(=O)c2ccccc2-n2cccc2)cc1C. The smallest absolute Gasteiger partial charge is 0.271 e. The van der Waals surface area contributed by atoms with Crippen LogP contribution in [-0.4, -0.2) is 15.6 Å². The average molecular weight is 364 g/mol. The Labute approximate surface area is 158 Å². The lowest BCUT2D eigenvalue weighted by atomic mass is 10.1. The van der Waals surface area contributed by atoms with Gasteiger partial charge >= 0.3 is 0 Å². The highest BCUT2D eigenvalue weighted by molar-refractivity contribution is 7.80. The topological polar surface area (TPSA) is 58.1 Å². The van der Waals surface area contributed by atoms with Crippen molar-refractivity contribution >= 4 is 28.9 Å². The van der Waals surface area contributed by atoms with E-state index in [-0.39, 0.29) is 5.91 Å². The Morgan fingerprint density at radius 3 is 2.38 bits per heavy atom. The highest BCUT2D eigenvalue weighted by Crippen LogP contribution is 2.15. The van der Waals surface area contributed by atoms with Crippen molar-refractivity contribution in [3.8, 4) is 5.69 Å². The molecular formula is C20H20N4OS. The molecule has 3 aromatic rings. The summed E-state index contributed by atoms with van der Waals surface area (Å²) in [5.74, 6) is -0.265. The fraction of sp³-hybridized carbons (Fsp3) is 0.100. The summed E-state index contributed by atoms with van der Waals surface area (Å²) in [6.45, 7) is 4.09. The zero-order valence-electron chi connectivity index (χ0n) is 14.6. The van der Waals surface area contributed by atoms with Crippen LogP contribution in [0.4, 0.5) is 5.69 Å². The van der Waals surface area contributed by atoms with Gasteiger partial charge in [-0.25, -0.2) is 0 Å².